The van der Waals surface area contributed by atoms with Gasteiger partial charge in [-0.2, -0.15) is 0 Å². The molecule has 1 fully saturated rings. The first kappa shape index (κ1) is 11.0. The van der Waals surface area contributed by atoms with Crippen molar-refractivity contribution in [3.63, 3.8) is 0 Å². The third-order valence-electron chi connectivity index (χ3n) is 3.41. The fraction of sp³-hybridized carbons (Fsp3) is 1.00. The molecule has 1 aliphatic carbocycles. The van der Waals surface area contributed by atoms with Gasteiger partial charge in [-0.3, -0.25) is 0 Å². The Hall–Kier alpha value is -0.0800. The lowest BCUT2D eigenvalue weighted by Gasteiger charge is -2.34. The highest BCUT2D eigenvalue weighted by Gasteiger charge is 2.23. The molecule has 1 rings (SSSR count). The highest BCUT2D eigenvalue weighted by Crippen LogP contribution is 2.28. The van der Waals surface area contributed by atoms with Crippen molar-refractivity contribution >= 4 is 0 Å². The third kappa shape index (κ3) is 3.28. The van der Waals surface area contributed by atoms with Gasteiger partial charge in [-0.1, -0.05) is 26.2 Å². The van der Waals surface area contributed by atoms with E-state index in [0.717, 1.165) is 18.5 Å². The Bertz CT molecular complexity index is 138. The Labute approximate surface area is 81.9 Å². The molecule has 0 aromatic heterocycles. The number of aliphatic hydroxyl groups is 1. The predicted octanol–water partition coefficient (Wildman–Crippen LogP) is 1.88. The molecule has 0 aliphatic heterocycles. The smallest absolute Gasteiger partial charge is 0.0558 e. The summed E-state index contributed by atoms with van der Waals surface area (Å²) in [6, 6.07) is 0.728. The zero-order valence-electron chi connectivity index (χ0n) is 9.00. The Balaban J connectivity index is 2.32. The second-order valence-corrected chi connectivity index (χ2v) is 4.30. The minimum absolute atomic E-state index is 0.295. The fourth-order valence-corrected chi connectivity index (χ4v) is 2.37. The first-order valence-electron chi connectivity index (χ1n) is 5.59. The molecule has 0 aromatic carbocycles. The van der Waals surface area contributed by atoms with Crippen LogP contribution in [0.15, 0.2) is 0 Å². The predicted molar refractivity (Wildman–Crippen MR) is 55.8 cm³/mol. The standard InChI is InChI=1S/C11H23NO/c1-3-10-5-4-6-11(9-10)12(2)7-8-13/h10-11,13H,3-9H2,1-2H3. The van der Waals surface area contributed by atoms with Crippen LogP contribution in [-0.4, -0.2) is 36.2 Å². The van der Waals surface area contributed by atoms with Crippen LogP contribution in [0.2, 0.25) is 0 Å². The van der Waals surface area contributed by atoms with Crippen molar-refractivity contribution in [2.75, 3.05) is 20.2 Å². The van der Waals surface area contributed by atoms with Gasteiger partial charge < -0.3 is 10.0 Å². The summed E-state index contributed by atoms with van der Waals surface area (Å²) < 4.78 is 0. The van der Waals surface area contributed by atoms with Gasteiger partial charge in [-0.05, 0) is 25.8 Å². The van der Waals surface area contributed by atoms with Crippen molar-refractivity contribution in [1.82, 2.24) is 4.90 Å². The number of hydrogen-bond acceptors (Lipinski definition) is 2. The van der Waals surface area contributed by atoms with Crippen LogP contribution in [0.4, 0.5) is 0 Å². The average molecular weight is 185 g/mol. The van der Waals surface area contributed by atoms with E-state index >= 15 is 0 Å². The lowest BCUT2D eigenvalue weighted by molar-refractivity contribution is 0.129. The maximum Gasteiger partial charge on any atom is 0.0558 e. The van der Waals surface area contributed by atoms with Gasteiger partial charge in [0.15, 0.2) is 0 Å². The molecule has 0 heterocycles. The summed E-state index contributed by atoms with van der Waals surface area (Å²) in [7, 11) is 2.14. The van der Waals surface area contributed by atoms with Gasteiger partial charge in [-0.15, -0.1) is 0 Å². The molecule has 0 amide bonds. The largest absolute Gasteiger partial charge is 0.395 e. The molecule has 0 radical (unpaired) electrons. The van der Waals surface area contributed by atoms with Crippen LogP contribution in [0.3, 0.4) is 0 Å². The molecule has 2 atom stereocenters. The van der Waals surface area contributed by atoms with Crippen molar-refractivity contribution < 1.29 is 5.11 Å². The lowest BCUT2D eigenvalue weighted by Crippen LogP contribution is -2.37. The molecule has 0 spiro atoms. The summed E-state index contributed by atoms with van der Waals surface area (Å²) in [6.07, 6.45) is 6.78. The van der Waals surface area contributed by atoms with Gasteiger partial charge >= 0.3 is 0 Å². The highest BCUT2D eigenvalue weighted by atomic mass is 16.3. The van der Waals surface area contributed by atoms with Gasteiger partial charge in [0.05, 0.1) is 6.61 Å². The first-order valence-corrected chi connectivity index (χ1v) is 5.59. The number of hydrogen-bond donors (Lipinski definition) is 1. The summed E-state index contributed by atoms with van der Waals surface area (Å²) in [6.45, 7) is 3.42. The normalized spacial score (nSPS) is 29.5. The number of aliphatic hydroxyl groups excluding tert-OH is 1. The minimum atomic E-state index is 0.295. The van der Waals surface area contributed by atoms with E-state index < -0.39 is 0 Å². The lowest BCUT2D eigenvalue weighted by atomic mass is 9.83. The zero-order valence-corrected chi connectivity index (χ0v) is 9.00. The topological polar surface area (TPSA) is 23.5 Å². The summed E-state index contributed by atoms with van der Waals surface area (Å²) in [5.74, 6) is 0.930. The summed E-state index contributed by atoms with van der Waals surface area (Å²) in [5.41, 5.74) is 0. The number of nitrogens with zero attached hydrogens (tertiary/aromatic N) is 1. The maximum atomic E-state index is 8.85. The van der Waals surface area contributed by atoms with Gasteiger partial charge in [0, 0.05) is 12.6 Å². The van der Waals surface area contributed by atoms with Crippen LogP contribution >= 0.6 is 0 Å². The second kappa shape index (κ2) is 5.61. The van der Waals surface area contributed by atoms with Crippen LogP contribution in [0, 0.1) is 5.92 Å². The Morgan fingerprint density at radius 1 is 1.38 bits per heavy atom. The van der Waals surface area contributed by atoms with Crippen molar-refractivity contribution in [3.8, 4) is 0 Å². The van der Waals surface area contributed by atoms with E-state index in [1.54, 1.807) is 0 Å². The Morgan fingerprint density at radius 2 is 2.15 bits per heavy atom. The van der Waals surface area contributed by atoms with Gasteiger partial charge in [0.1, 0.15) is 0 Å². The van der Waals surface area contributed by atoms with Gasteiger partial charge in [-0.25, -0.2) is 0 Å². The average Bonchev–Trinajstić information content (AvgIpc) is 2.18. The third-order valence-corrected chi connectivity index (χ3v) is 3.41. The molecule has 1 aliphatic rings. The highest BCUT2D eigenvalue weighted by molar-refractivity contribution is 4.78. The minimum Gasteiger partial charge on any atom is -0.395 e. The summed E-state index contributed by atoms with van der Waals surface area (Å²) >= 11 is 0. The fourth-order valence-electron chi connectivity index (χ4n) is 2.37. The van der Waals surface area contributed by atoms with Crippen LogP contribution in [0.1, 0.15) is 39.0 Å². The van der Waals surface area contributed by atoms with Gasteiger partial charge in [0.2, 0.25) is 0 Å². The van der Waals surface area contributed by atoms with Crippen molar-refractivity contribution in [3.05, 3.63) is 0 Å². The Morgan fingerprint density at radius 3 is 2.77 bits per heavy atom. The van der Waals surface area contributed by atoms with Crippen molar-refractivity contribution in [2.24, 2.45) is 5.92 Å². The molecule has 0 saturated heterocycles. The van der Waals surface area contributed by atoms with Crippen LogP contribution < -0.4 is 0 Å². The number of likely N-dealkylation sites (N-methyl/N-ethyl adjacent to an activating group) is 1. The molecule has 2 unspecified atom stereocenters. The molecule has 78 valence electrons. The molecular weight excluding hydrogens is 162 g/mol. The molecule has 13 heavy (non-hydrogen) atoms. The molecule has 1 saturated carbocycles. The molecule has 0 bridgehead atoms. The van der Waals surface area contributed by atoms with E-state index in [2.05, 4.69) is 18.9 Å². The monoisotopic (exact) mass is 185 g/mol. The van der Waals surface area contributed by atoms with E-state index in [0.29, 0.717) is 6.61 Å². The summed E-state index contributed by atoms with van der Waals surface area (Å²) in [4.78, 5) is 2.32. The van der Waals surface area contributed by atoms with Gasteiger partial charge in [0.25, 0.3) is 0 Å². The molecule has 2 heteroatoms. The van der Waals surface area contributed by atoms with Crippen LogP contribution in [0.5, 0.6) is 0 Å². The van der Waals surface area contributed by atoms with E-state index in [1.807, 2.05) is 0 Å². The van der Waals surface area contributed by atoms with Crippen LogP contribution in [0.25, 0.3) is 0 Å². The molecular formula is C11H23NO. The quantitative estimate of drug-likeness (QED) is 0.723. The van der Waals surface area contributed by atoms with Crippen molar-refractivity contribution in [2.45, 2.75) is 45.1 Å². The summed E-state index contributed by atoms with van der Waals surface area (Å²) in [5, 5.41) is 8.85. The second-order valence-electron chi connectivity index (χ2n) is 4.30. The number of rotatable bonds is 4. The van der Waals surface area contributed by atoms with E-state index in [9.17, 15) is 0 Å². The van der Waals surface area contributed by atoms with E-state index in [4.69, 9.17) is 5.11 Å². The Kier molecular flexibility index (Phi) is 4.74. The molecule has 1 N–H and O–H groups in total. The van der Waals surface area contributed by atoms with Crippen molar-refractivity contribution in [1.29, 1.82) is 0 Å². The zero-order chi connectivity index (χ0) is 9.68. The maximum absolute atomic E-state index is 8.85. The molecule has 2 nitrogen and oxygen atoms in total. The first-order chi connectivity index (χ1) is 6.27. The van der Waals surface area contributed by atoms with E-state index in [-0.39, 0.29) is 0 Å². The van der Waals surface area contributed by atoms with E-state index in [1.165, 1.54) is 32.1 Å². The molecule has 0 aromatic rings. The van der Waals surface area contributed by atoms with Crippen LogP contribution in [-0.2, 0) is 0 Å². The SMILES string of the molecule is CCC1CCCC(N(C)CCO)C1.